The van der Waals surface area contributed by atoms with Crippen LogP contribution in [-0.4, -0.2) is 20.0 Å². The number of nitrogens with one attached hydrogen (secondary N) is 2. The summed E-state index contributed by atoms with van der Waals surface area (Å²) >= 11 is 4.95. The number of aliphatic hydroxyl groups is 1. The quantitative estimate of drug-likeness (QED) is 0.448. The fraction of sp³-hybridized carbons (Fsp3) is 0.182. The summed E-state index contributed by atoms with van der Waals surface area (Å²) in [5.41, 5.74) is 2.39. The van der Waals surface area contributed by atoms with Crippen molar-refractivity contribution in [1.29, 1.82) is 0 Å². The molecule has 18 heavy (non-hydrogen) atoms. The van der Waals surface area contributed by atoms with Gasteiger partial charge in [0.15, 0.2) is 4.77 Å². The van der Waals surface area contributed by atoms with Gasteiger partial charge in [0.25, 0.3) is 5.69 Å². The van der Waals surface area contributed by atoms with Gasteiger partial charge in [0.1, 0.15) is 0 Å². The average Bonchev–Trinajstić information content (AvgIpc) is 2.70. The second-order valence-corrected chi connectivity index (χ2v) is 4.20. The van der Waals surface area contributed by atoms with E-state index in [-0.39, 0.29) is 12.3 Å². The number of aromatic nitrogens is 2. The van der Waals surface area contributed by atoms with Crippen LogP contribution in [0.5, 0.6) is 0 Å². The van der Waals surface area contributed by atoms with Gasteiger partial charge in [-0.3, -0.25) is 10.1 Å². The smallest absolute Gasteiger partial charge is 0.269 e. The zero-order chi connectivity index (χ0) is 13.1. The molecule has 0 bridgehead atoms. The number of aliphatic hydroxyl groups excluding tert-OH is 1. The van der Waals surface area contributed by atoms with Gasteiger partial charge in [-0.15, -0.1) is 0 Å². The van der Waals surface area contributed by atoms with E-state index < -0.39 is 4.92 Å². The van der Waals surface area contributed by atoms with Gasteiger partial charge in [0.05, 0.1) is 17.2 Å². The Labute approximate surface area is 107 Å². The Kier molecular flexibility index (Phi) is 3.54. The number of rotatable bonds is 4. The monoisotopic (exact) mass is 265 g/mol. The van der Waals surface area contributed by atoms with Crippen molar-refractivity contribution in [3.05, 3.63) is 56.1 Å². The molecule has 6 nitrogen and oxygen atoms in total. The number of non-ortho nitro benzene ring substituents is 1. The second-order valence-electron chi connectivity index (χ2n) is 3.79. The second kappa shape index (κ2) is 5.11. The van der Waals surface area contributed by atoms with Crippen LogP contribution in [0.25, 0.3) is 0 Å². The van der Waals surface area contributed by atoms with Crippen LogP contribution < -0.4 is 0 Å². The third-order valence-corrected chi connectivity index (χ3v) is 2.78. The van der Waals surface area contributed by atoms with Gasteiger partial charge < -0.3 is 15.1 Å². The van der Waals surface area contributed by atoms with E-state index in [2.05, 4.69) is 9.97 Å². The standard InChI is InChI=1S/C11H11N3O3S/c15-6-10-9(12-11(18)13-10)5-7-1-3-8(4-2-7)14(16)17/h1-4,15H,5-6H2,(H2,12,13,18). The number of H-pyrrole nitrogens is 2. The highest BCUT2D eigenvalue weighted by Gasteiger charge is 2.08. The molecular formula is C11H11N3O3S. The van der Waals surface area contributed by atoms with Gasteiger partial charge >= 0.3 is 0 Å². The summed E-state index contributed by atoms with van der Waals surface area (Å²) in [6.45, 7) is -0.130. The number of hydrogen-bond acceptors (Lipinski definition) is 4. The van der Waals surface area contributed by atoms with Crippen LogP contribution in [0, 0.1) is 14.9 Å². The molecular weight excluding hydrogens is 254 g/mol. The lowest BCUT2D eigenvalue weighted by atomic mass is 10.1. The summed E-state index contributed by atoms with van der Waals surface area (Å²) in [6.07, 6.45) is 0.529. The maximum absolute atomic E-state index is 10.5. The fourth-order valence-electron chi connectivity index (χ4n) is 1.68. The van der Waals surface area contributed by atoms with Gasteiger partial charge in [0, 0.05) is 24.2 Å². The van der Waals surface area contributed by atoms with E-state index in [1.165, 1.54) is 12.1 Å². The van der Waals surface area contributed by atoms with E-state index in [0.717, 1.165) is 11.3 Å². The molecule has 0 aliphatic heterocycles. The number of nitro groups is 1. The van der Waals surface area contributed by atoms with Crippen LogP contribution in [-0.2, 0) is 13.0 Å². The van der Waals surface area contributed by atoms with Crippen LogP contribution in [0.15, 0.2) is 24.3 Å². The SMILES string of the molecule is O=[N+]([O-])c1ccc(Cc2[nH]c(=S)[nH]c2CO)cc1. The Bertz CT molecular complexity index is 615. The molecule has 0 unspecified atom stereocenters. The molecule has 0 atom stereocenters. The van der Waals surface area contributed by atoms with Gasteiger partial charge in [-0.05, 0) is 17.8 Å². The topological polar surface area (TPSA) is 95.0 Å². The normalized spacial score (nSPS) is 10.5. The highest BCUT2D eigenvalue weighted by atomic mass is 32.1. The number of hydrogen-bond donors (Lipinski definition) is 3. The van der Waals surface area contributed by atoms with E-state index in [0.29, 0.717) is 16.9 Å². The summed E-state index contributed by atoms with van der Waals surface area (Å²) in [5, 5.41) is 19.7. The Morgan fingerprint density at radius 3 is 2.39 bits per heavy atom. The molecule has 7 heteroatoms. The highest BCUT2D eigenvalue weighted by molar-refractivity contribution is 7.71. The summed E-state index contributed by atoms with van der Waals surface area (Å²) in [5.74, 6) is 0. The van der Waals surface area contributed by atoms with Crippen LogP contribution in [0.1, 0.15) is 17.0 Å². The van der Waals surface area contributed by atoms with Crippen LogP contribution in [0.4, 0.5) is 5.69 Å². The molecule has 2 rings (SSSR count). The minimum atomic E-state index is -0.438. The third kappa shape index (κ3) is 2.63. The number of benzene rings is 1. The van der Waals surface area contributed by atoms with Gasteiger partial charge in [-0.25, -0.2) is 0 Å². The molecule has 94 valence electrons. The minimum absolute atomic E-state index is 0.0585. The highest BCUT2D eigenvalue weighted by Crippen LogP contribution is 2.16. The number of nitro benzene ring substituents is 1. The van der Waals surface area contributed by atoms with E-state index in [1.54, 1.807) is 12.1 Å². The third-order valence-electron chi connectivity index (χ3n) is 2.58. The zero-order valence-corrected chi connectivity index (χ0v) is 10.2. The van der Waals surface area contributed by atoms with Crippen molar-refractivity contribution in [3.63, 3.8) is 0 Å². The summed E-state index contributed by atoms with van der Waals surface area (Å²) in [7, 11) is 0. The Balaban J connectivity index is 2.23. The van der Waals surface area contributed by atoms with Crippen LogP contribution in [0.3, 0.4) is 0 Å². The summed E-state index contributed by atoms with van der Waals surface area (Å²) < 4.78 is 0.455. The Morgan fingerprint density at radius 2 is 1.83 bits per heavy atom. The first-order chi connectivity index (χ1) is 8.60. The maximum Gasteiger partial charge on any atom is 0.269 e. The predicted octanol–water partition coefficient (Wildman–Crippen LogP) is 2.06. The van der Waals surface area contributed by atoms with Crippen molar-refractivity contribution in [2.75, 3.05) is 0 Å². The van der Waals surface area contributed by atoms with Crippen LogP contribution >= 0.6 is 12.2 Å². The van der Waals surface area contributed by atoms with Gasteiger partial charge in [-0.1, -0.05) is 12.1 Å². The fourth-order valence-corrected chi connectivity index (χ4v) is 1.93. The zero-order valence-electron chi connectivity index (χ0n) is 9.34. The van der Waals surface area contributed by atoms with Crippen molar-refractivity contribution >= 4 is 17.9 Å². The van der Waals surface area contributed by atoms with Crippen molar-refractivity contribution in [1.82, 2.24) is 9.97 Å². The molecule has 0 amide bonds. The van der Waals surface area contributed by atoms with Crippen molar-refractivity contribution < 1.29 is 10.0 Å². The number of imidazole rings is 1. The lowest BCUT2D eigenvalue weighted by Crippen LogP contribution is -1.95. The molecule has 1 heterocycles. The molecule has 0 radical (unpaired) electrons. The molecule has 0 aliphatic rings. The molecule has 0 spiro atoms. The Hall–Kier alpha value is -1.99. The predicted molar refractivity (Wildman–Crippen MR) is 67.8 cm³/mol. The van der Waals surface area contributed by atoms with Crippen molar-refractivity contribution in [2.24, 2.45) is 0 Å². The summed E-state index contributed by atoms with van der Waals surface area (Å²) in [4.78, 5) is 15.9. The molecule has 0 fully saturated rings. The molecule has 0 saturated heterocycles. The molecule has 3 N–H and O–H groups in total. The molecule has 2 aromatic rings. The van der Waals surface area contributed by atoms with Gasteiger partial charge in [0.2, 0.25) is 0 Å². The lowest BCUT2D eigenvalue weighted by molar-refractivity contribution is -0.384. The first-order valence-electron chi connectivity index (χ1n) is 5.24. The summed E-state index contributed by atoms with van der Waals surface area (Å²) in [6, 6.07) is 6.27. The molecule has 1 aromatic heterocycles. The van der Waals surface area contributed by atoms with Crippen molar-refractivity contribution in [2.45, 2.75) is 13.0 Å². The number of aromatic amines is 2. The van der Waals surface area contributed by atoms with E-state index in [4.69, 9.17) is 17.3 Å². The first-order valence-corrected chi connectivity index (χ1v) is 5.65. The molecule has 0 aliphatic carbocycles. The largest absolute Gasteiger partial charge is 0.390 e. The molecule has 1 aromatic carbocycles. The van der Waals surface area contributed by atoms with Crippen molar-refractivity contribution in [3.8, 4) is 0 Å². The van der Waals surface area contributed by atoms with Gasteiger partial charge in [-0.2, -0.15) is 0 Å². The first kappa shape index (κ1) is 12.5. The Morgan fingerprint density at radius 1 is 1.22 bits per heavy atom. The van der Waals surface area contributed by atoms with E-state index in [9.17, 15) is 10.1 Å². The van der Waals surface area contributed by atoms with E-state index >= 15 is 0 Å². The average molecular weight is 265 g/mol. The van der Waals surface area contributed by atoms with Crippen LogP contribution in [0.2, 0.25) is 0 Å². The number of nitrogens with zero attached hydrogens (tertiary/aromatic N) is 1. The van der Waals surface area contributed by atoms with E-state index in [1.807, 2.05) is 0 Å². The molecule has 0 saturated carbocycles. The maximum atomic E-state index is 10.5. The minimum Gasteiger partial charge on any atom is -0.390 e. The lowest BCUT2D eigenvalue weighted by Gasteiger charge is -2.01.